The van der Waals surface area contributed by atoms with Gasteiger partial charge in [-0.2, -0.15) is 0 Å². The van der Waals surface area contributed by atoms with Crippen molar-refractivity contribution in [3.8, 4) is 0 Å². The third-order valence-corrected chi connectivity index (χ3v) is 6.72. The number of aliphatic hydroxyl groups is 1. The van der Waals surface area contributed by atoms with Gasteiger partial charge in [0, 0.05) is 6.61 Å². The van der Waals surface area contributed by atoms with Crippen LogP contribution in [0.15, 0.2) is 0 Å². The summed E-state index contributed by atoms with van der Waals surface area (Å²) < 4.78 is 0. The van der Waals surface area contributed by atoms with E-state index in [9.17, 15) is 9.90 Å². The minimum Gasteiger partial charge on any atom is -0.481 e. The van der Waals surface area contributed by atoms with Gasteiger partial charge in [-0.25, -0.2) is 0 Å². The summed E-state index contributed by atoms with van der Waals surface area (Å²) in [6.07, 6.45) is 29.8. The molecule has 0 aliphatic rings. The molecule has 0 aromatic carbocycles. The molecule has 0 aliphatic heterocycles. The van der Waals surface area contributed by atoms with Crippen molar-refractivity contribution >= 4 is 5.97 Å². The second-order valence-electron chi connectivity index (χ2n) is 9.76. The molecule has 2 N–H and O–H groups in total. The quantitative estimate of drug-likeness (QED) is 0.132. The van der Waals surface area contributed by atoms with Gasteiger partial charge >= 0.3 is 5.97 Å². The fraction of sp³-hybridized carbons (Fsp3) is 0.964. The first-order chi connectivity index (χ1) is 15.2. The maximum Gasteiger partial charge on any atom is 0.306 e. The maximum atomic E-state index is 11.5. The van der Waals surface area contributed by atoms with E-state index in [-0.39, 0.29) is 5.92 Å². The maximum absolute atomic E-state index is 11.5. The first-order valence-electron chi connectivity index (χ1n) is 14.1. The van der Waals surface area contributed by atoms with E-state index in [0.29, 0.717) is 6.61 Å². The highest BCUT2D eigenvalue weighted by atomic mass is 16.4. The Hall–Kier alpha value is -0.570. The molecule has 3 heteroatoms. The summed E-state index contributed by atoms with van der Waals surface area (Å²) in [5.41, 5.74) is 0. The summed E-state index contributed by atoms with van der Waals surface area (Å²) >= 11 is 0. The van der Waals surface area contributed by atoms with Crippen LogP contribution in [-0.4, -0.2) is 22.8 Å². The van der Waals surface area contributed by atoms with Crippen LogP contribution >= 0.6 is 0 Å². The highest BCUT2D eigenvalue weighted by Gasteiger charge is 2.16. The van der Waals surface area contributed by atoms with Crippen molar-refractivity contribution < 1.29 is 15.0 Å². The molecule has 0 amide bonds. The first-order valence-corrected chi connectivity index (χ1v) is 14.1. The lowest BCUT2D eigenvalue weighted by molar-refractivity contribution is -0.142. The zero-order chi connectivity index (χ0) is 22.8. The molecule has 0 bridgehead atoms. The molecule has 31 heavy (non-hydrogen) atoms. The lowest BCUT2D eigenvalue weighted by atomic mass is 9.94. The zero-order valence-corrected chi connectivity index (χ0v) is 21.1. The normalized spacial score (nSPS) is 12.3. The topological polar surface area (TPSA) is 57.5 Å². The van der Waals surface area contributed by atoms with Gasteiger partial charge in [0.1, 0.15) is 0 Å². The number of unbranched alkanes of at least 4 members (excludes halogenated alkanes) is 20. The Labute approximate surface area is 194 Å². The van der Waals surface area contributed by atoms with E-state index >= 15 is 0 Å². The molecule has 186 valence electrons. The minimum absolute atomic E-state index is 0.111. The highest BCUT2D eigenvalue weighted by Crippen LogP contribution is 2.20. The molecular weight excluding hydrogens is 384 g/mol. The molecule has 0 aromatic rings. The zero-order valence-electron chi connectivity index (χ0n) is 21.1. The van der Waals surface area contributed by atoms with E-state index in [1.165, 1.54) is 122 Å². The summed E-state index contributed by atoms with van der Waals surface area (Å²) in [5, 5.41) is 18.3. The average molecular weight is 441 g/mol. The van der Waals surface area contributed by atoms with E-state index in [2.05, 4.69) is 6.92 Å². The van der Waals surface area contributed by atoms with Crippen LogP contribution in [0.2, 0.25) is 0 Å². The lowest BCUT2D eigenvalue weighted by Crippen LogP contribution is -2.13. The average Bonchev–Trinajstić information content (AvgIpc) is 2.76. The molecule has 0 spiro atoms. The van der Waals surface area contributed by atoms with E-state index in [0.717, 1.165) is 32.1 Å². The van der Waals surface area contributed by atoms with Crippen molar-refractivity contribution in [3.63, 3.8) is 0 Å². The van der Waals surface area contributed by atoms with E-state index in [4.69, 9.17) is 5.11 Å². The molecule has 0 saturated heterocycles. The first kappa shape index (κ1) is 30.4. The molecule has 0 saturated carbocycles. The Morgan fingerprint density at radius 3 is 1.10 bits per heavy atom. The summed E-state index contributed by atoms with van der Waals surface area (Å²) in [4.78, 5) is 11.5. The van der Waals surface area contributed by atoms with Crippen LogP contribution in [0, 0.1) is 5.92 Å². The predicted molar refractivity (Wildman–Crippen MR) is 135 cm³/mol. The lowest BCUT2D eigenvalue weighted by Gasteiger charge is -2.12. The van der Waals surface area contributed by atoms with Crippen molar-refractivity contribution in [3.05, 3.63) is 0 Å². The summed E-state index contributed by atoms with van der Waals surface area (Å²) in [6, 6.07) is 0. The number of rotatable bonds is 26. The Bertz CT molecular complexity index is 356. The van der Waals surface area contributed by atoms with Gasteiger partial charge in [-0.3, -0.25) is 4.79 Å². The number of carboxylic acid groups (broad SMARTS) is 1. The SMILES string of the molecule is CCCCCCCCCCCCC(CCCCCCCCCCCCCCO)C(=O)O. The van der Waals surface area contributed by atoms with Gasteiger partial charge in [-0.15, -0.1) is 0 Å². The molecule has 0 heterocycles. The summed E-state index contributed by atoms with van der Waals surface area (Å²) in [7, 11) is 0. The van der Waals surface area contributed by atoms with Crippen molar-refractivity contribution in [1.82, 2.24) is 0 Å². The van der Waals surface area contributed by atoms with Crippen LogP contribution in [0.1, 0.15) is 161 Å². The van der Waals surface area contributed by atoms with Crippen LogP contribution in [0.5, 0.6) is 0 Å². The monoisotopic (exact) mass is 440 g/mol. The van der Waals surface area contributed by atoms with E-state index in [1.54, 1.807) is 0 Å². The Kier molecular flexibility index (Phi) is 25.2. The van der Waals surface area contributed by atoms with Gasteiger partial charge in [0.2, 0.25) is 0 Å². The molecule has 0 aromatic heterocycles. The Balaban J connectivity index is 3.42. The van der Waals surface area contributed by atoms with Crippen LogP contribution < -0.4 is 0 Å². The van der Waals surface area contributed by atoms with Gasteiger partial charge < -0.3 is 10.2 Å². The molecule has 0 aliphatic carbocycles. The van der Waals surface area contributed by atoms with Crippen molar-refractivity contribution in [1.29, 1.82) is 0 Å². The third kappa shape index (κ3) is 23.9. The Morgan fingerprint density at radius 2 is 0.806 bits per heavy atom. The highest BCUT2D eigenvalue weighted by molar-refractivity contribution is 5.69. The second kappa shape index (κ2) is 25.7. The molecule has 0 radical (unpaired) electrons. The second-order valence-corrected chi connectivity index (χ2v) is 9.76. The van der Waals surface area contributed by atoms with Gasteiger partial charge in [0.25, 0.3) is 0 Å². The van der Waals surface area contributed by atoms with E-state index < -0.39 is 5.97 Å². The van der Waals surface area contributed by atoms with Gasteiger partial charge in [0.15, 0.2) is 0 Å². The minimum atomic E-state index is -0.574. The van der Waals surface area contributed by atoms with Gasteiger partial charge in [-0.1, -0.05) is 142 Å². The molecule has 1 atom stereocenters. The van der Waals surface area contributed by atoms with Crippen LogP contribution in [0.3, 0.4) is 0 Å². The summed E-state index contributed by atoms with van der Waals surface area (Å²) in [5.74, 6) is -0.685. The molecule has 3 nitrogen and oxygen atoms in total. The molecule has 1 unspecified atom stereocenters. The fourth-order valence-corrected chi connectivity index (χ4v) is 4.54. The number of aliphatic hydroxyl groups excluding tert-OH is 1. The fourth-order valence-electron chi connectivity index (χ4n) is 4.54. The number of carbonyl (C=O) groups is 1. The largest absolute Gasteiger partial charge is 0.481 e. The number of hydrogen-bond acceptors (Lipinski definition) is 2. The van der Waals surface area contributed by atoms with Crippen molar-refractivity contribution in [2.24, 2.45) is 5.92 Å². The van der Waals surface area contributed by atoms with Crippen molar-refractivity contribution in [2.45, 2.75) is 161 Å². The van der Waals surface area contributed by atoms with Gasteiger partial charge in [-0.05, 0) is 19.3 Å². The third-order valence-electron chi connectivity index (χ3n) is 6.72. The number of aliphatic carboxylic acids is 1. The van der Waals surface area contributed by atoms with E-state index in [1.807, 2.05) is 0 Å². The standard InChI is InChI=1S/C28H56O3/c1-2-3-4-5-6-7-12-15-18-21-24-27(28(30)31)25-22-19-16-13-10-8-9-11-14-17-20-23-26-29/h27,29H,2-26H2,1H3,(H,30,31). The van der Waals surface area contributed by atoms with Crippen LogP contribution in [0.4, 0.5) is 0 Å². The molecular formula is C28H56O3. The summed E-state index contributed by atoms with van der Waals surface area (Å²) in [6.45, 7) is 2.60. The van der Waals surface area contributed by atoms with Crippen LogP contribution in [-0.2, 0) is 4.79 Å². The van der Waals surface area contributed by atoms with Crippen LogP contribution in [0.25, 0.3) is 0 Å². The Morgan fingerprint density at radius 1 is 0.516 bits per heavy atom. The number of carboxylic acids is 1. The molecule has 0 rings (SSSR count). The number of hydrogen-bond donors (Lipinski definition) is 2. The predicted octanol–water partition coefficient (Wildman–Crippen LogP) is 9.06. The van der Waals surface area contributed by atoms with Gasteiger partial charge in [0.05, 0.1) is 5.92 Å². The molecule has 0 fully saturated rings. The smallest absolute Gasteiger partial charge is 0.306 e. The van der Waals surface area contributed by atoms with Crippen molar-refractivity contribution in [2.75, 3.05) is 6.61 Å².